The second kappa shape index (κ2) is 6.88. The highest BCUT2D eigenvalue weighted by atomic mass is 32.2. The smallest absolute Gasteiger partial charge is 0.343 e. The topological polar surface area (TPSA) is 90.7 Å². The summed E-state index contributed by atoms with van der Waals surface area (Å²) in [6.07, 6.45) is -0.161. The minimum absolute atomic E-state index is 0.0712. The van der Waals surface area contributed by atoms with Crippen molar-refractivity contribution in [3.8, 4) is 11.4 Å². The molecule has 3 aliphatic rings. The Kier molecular flexibility index (Phi) is 4.34. The van der Waals surface area contributed by atoms with Gasteiger partial charge in [0.25, 0.3) is 5.56 Å². The van der Waals surface area contributed by atoms with Crippen LogP contribution in [0, 0.1) is 12.7 Å². The molecule has 2 aromatic heterocycles. The van der Waals surface area contributed by atoms with Crippen LogP contribution in [0.4, 0.5) is 4.39 Å². The fourth-order valence-electron chi connectivity index (χ4n) is 5.27. The maximum Gasteiger partial charge on any atom is 0.343 e. The molecule has 9 heteroatoms. The van der Waals surface area contributed by atoms with E-state index in [1.54, 1.807) is 43.4 Å². The van der Waals surface area contributed by atoms with Crippen LogP contribution in [-0.2, 0) is 33.0 Å². The molecule has 7 nitrogen and oxygen atoms in total. The summed E-state index contributed by atoms with van der Waals surface area (Å²) in [5.74, 6) is -0.470. The number of pyridine rings is 2. The molecule has 1 unspecified atom stereocenters. The molecule has 0 saturated carbocycles. The van der Waals surface area contributed by atoms with Crippen LogP contribution in [0.5, 0.6) is 0 Å². The molecule has 0 fully saturated rings. The van der Waals surface area contributed by atoms with Gasteiger partial charge in [-0.05, 0) is 30.5 Å². The van der Waals surface area contributed by atoms with Gasteiger partial charge in [-0.25, -0.2) is 14.2 Å². The molecule has 1 N–H and O–H groups in total. The first-order chi connectivity index (χ1) is 15.8. The number of nitrogens with zero attached hydrogens (tertiary/aromatic N) is 2. The van der Waals surface area contributed by atoms with Gasteiger partial charge in [0.15, 0.2) is 5.60 Å². The lowest BCUT2D eigenvalue weighted by molar-refractivity contribution is -0.172. The number of carbonyl (C=O) groups excluding carboxylic acids is 1. The zero-order valence-corrected chi connectivity index (χ0v) is 19.1. The number of carbonyl (C=O) groups is 1. The number of thioether (sulfide) groups is 1. The first-order valence-electron chi connectivity index (χ1n) is 10.8. The average Bonchev–Trinajstić information content (AvgIpc) is 3.18. The van der Waals surface area contributed by atoms with Crippen LogP contribution >= 0.6 is 11.8 Å². The van der Waals surface area contributed by atoms with E-state index in [2.05, 4.69) is 0 Å². The Bertz CT molecular complexity index is 1470. The number of aliphatic hydroxyl groups is 1. The number of halogens is 1. The summed E-state index contributed by atoms with van der Waals surface area (Å²) in [6, 6.07) is 3.10. The van der Waals surface area contributed by atoms with Crippen molar-refractivity contribution in [2.24, 2.45) is 0 Å². The van der Waals surface area contributed by atoms with Crippen molar-refractivity contribution in [3.63, 3.8) is 0 Å². The Labute approximate surface area is 192 Å². The summed E-state index contributed by atoms with van der Waals surface area (Å²) in [6.45, 7) is 3.53. The van der Waals surface area contributed by atoms with Crippen LogP contribution in [-0.4, -0.2) is 33.5 Å². The number of ether oxygens (including phenoxy) is 2. The largest absolute Gasteiger partial charge is 0.458 e. The average molecular weight is 469 g/mol. The monoisotopic (exact) mass is 468 g/mol. The normalized spacial score (nSPS) is 22.7. The third-order valence-electron chi connectivity index (χ3n) is 7.15. The highest BCUT2D eigenvalue weighted by Crippen LogP contribution is 2.49. The first kappa shape index (κ1) is 20.8. The van der Waals surface area contributed by atoms with Crippen molar-refractivity contribution in [2.45, 2.75) is 50.0 Å². The molecule has 3 aromatic rings. The first-order valence-corrected chi connectivity index (χ1v) is 11.8. The van der Waals surface area contributed by atoms with Crippen molar-refractivity contribution in [3.05, 3.63) is 56.1 Å². The van der Waals surface area contributed by atoms with Gasteiger partial charge in [0.05, 0.1) is 35.1 Å². The van der Waals surface area contributed by atoms with Crippen LogP contribution < -0.4 is 5.56 Å². The summed E-state index contributed by atoms with van der Waals surface area (Å²) in [4.78, 5) is 31.5. The number of rotatable bonds is 2. The Morgan fingerprint density at radius 1 is 1.36 bits per heavy atom. The van der Waals surface area contributed by atoms with Gasteiger partial charge >= 0.3 is 5.97 Å². The van der Waals surface area contributed by atoms with E-state index >= 15 is 0 Å². The van der Waals surface area contributed by atoms with Gasteiger partial charge in [-0.3, -0.25) is 4.79 Å². The van der Waals surface area contributed by atoms with Gasteiger partial charge in [-0.15, -0.1) is 11.8 Å². The quantitative estimate of drug-likeness (QED) is 0.452. The second-order valence-electron chi connectivity index (χ2n) is 8.70. The third kappa shape index (κ3) is 2.55. The molecule has 6 rings (SSSR count). The summed E-state index contributed by atoms with van der Waals surface area (Å²) in [5.41, 5.74) is 2.24. The van der Waals surface area contributed by atoms with E-state index < -0.39 is 11.6 Å². The van der Waals surface area contributed by atoms with E-state index in [1.165, 1.54) is 6.07 Å². The van der Waals surface area contributed by atoms with E-state index in [4.69, 9.17) is 14.5 Å². The Balaban J connectivity index is 1.70. The predicted octanol–water partition coefficient (Wildman–Crippen LogP) is 3.32. The number of esters is 1. The standard InChI is InChI=1S/C24H21FN2O5S/c1-4-24(30)13-5-16-20-11(7-27(16)22(28)12(13)8-32-23(24)29)18-17(31-3)9-33-21-10(2)14(25)6-15(26-20)19(18)21/h5-6,17,30H,4,7-9H2,1-3H3/t17?,24-/m0/s1. The van der Waals surface area contributed by atoms with Gasteiger partial charge in [0, 0.05) is 40.3 Å². The maximum absolute atomic E-state index is 14.7. The number of fused-ring (bicyclic) bond motifs is 5. The van der Waals surface area contributed by atoms with Crippen molar-refractivity contribution >= 4 is 28.6 Å². The molecular formula is C24H21FN2O5S. The molecule has 0 amide bonds. The molecule has 170 valence electrons. The van der Waals surface area contributed by atoms with Crippen molar-refractivity contribution in [1.29, 1.82) is 0 Å². The molecule has 3 aliphatic heterocycles. The summed E-state index contributed by atoms with van der Waals surface area (Å²) in [5, 5.41) is 11.9. The van der Waals surface area contributed by atoms with Crippen molar-refractivity contribution in [2.75, 3.05) is 12.9 Å². The van der Waals surface area contributed by atoms with E-state index in [1.807, 2.05) is 0 Å². The lowest BCUT2D eigenvalue weighted by Crippen LogP contribution is -2.44. The van der Waals surface area contributed by atoms with Crippen molar-refractivity contribution < 1.29 is 23.8 Å². The van der Waals surface area contributed by atoms with Crippen molar-refractivity contribution in [1.82, 2.24) is 9.55 Å². The minimum atomic E-state index is -1.89. The maximum atomic E-state index is 14.7. The van der Waals surface area contributed by atoms with Crippen LogP contribution in [0.3, 0.4) is 0 Å². The summed E-state index contributed by atoms with van der Waals surface area (Å²) in [7, 11) is 1.64. The van der Waals surface area contributed by atoms with Crippen LogP contribution in [0.15, 0.2) is 21.8 Å². The fourth-order valence-corrected chi connectivity index (χ4v) is 6.57. The zero-order chi connectivity index (χ0) is 23.2. The molecule has 0 bridgehead atoms. The van der Waals surface area contributed by atoms with E-state index in [0.29, 0.717) is 28.2 Å². The molecule has 1 aromatic carbocycles. The second-order valence-corrected chi connectivity index (χ2v) is 9.73. The molecule has 0 radical (unpaired) electrons. The Morgan fingerprint density at radius 3 is 2.88 bits per heavy atom. The number of hydrogen-bond acceptors (Lipinski definition) is 7. The lowest BCUT2D eigenvalue weighted by atomic mass is 9.86. The van der Waals surface area contributed by atoms with Gasteiger partial charge in [-0.1, -0.05) is 6.92 Å². The molecular weight excluding hydrogens is 447 g/mol. The third-order valence-corrected chi connectivity index (χ3v) is 8.41. The summed E-state index contributed by atoms with van der Waals surface area (Å²) < 4.78 is 27.3. The van der Waals surface area contributed by atoms with E-state index in [0.717, 1.165) is 21.4 Å². The van der Waals surface area contributed by atoms with Crippen LogP contribution in [0.25, 0.3) is 22.3 Å². The number of benzene rings is 1. The summed E-state index contributed by atoms with van der Waals surface area (Å²) >= 11 is 1.55. The Morgan fingerprint density at radius 2 is 2.15 bits per heavy atom. The molecule has 33 heavy (non-hydrogen) atoms. The van der Waals surface area contributed by atoms with E-state index in [9.17, 15) is 19.1 Å². The molecule has 5 heterocycles. The zero-order valence-electron chi connectivity index (χ0n) is 18.3. The number of cyclic esters (lactones) is 1. The predicted molar refractivity (Wildman–Crippen MR) is 120 cm³/mol. The Hall–Kier alpha value is -2.75. The molecule has 0 aliphatic carbocycles. The van der Waals surface area contributed by atoms with Gasteiger partial charge in [0.2, 0.25) is 0 Å². The van der Waals surface area contributed by atoms with Gasteiger partial charge in [-0.2, -0.15) is 0 Å². The van der Waals surface area contributed by atoms with Crippen LogP contribution in [0.2, 0.25) is 0 Å². The fraction of sp³-hybridized carbons (Fsp3) is 0.375. The van der Waals surface area contributed by atoms with Gasteiger partial charge < -0.3 is 19.1 Å². The number of aromatic nitrogens is 2. The lowest BCUT2D eigenvalue weighted by Gasteiger charge is -2.31. The van der Waals surface area contributed by atoms with Crippen LogP contribution in [0.1, 0.15) is 47.3 Å². The number of methoxy groups -OCH3 is 1. The highest BCUT2D eigenvalue weighted by Gasteiger charge is 2.46. The minimum Gasteiger partial charge on any atom is -0.458 e. The SMILES string of the molecule is CC[C@@]1(O)C(=O)OCc2c1cc1n(c2=O)Cc2c-1nc1cc(F)c(C)c3c1c2C(OC)CS3. The molecule has 0 spiro atoms. The number of hydrogen-bond donors (Lipinski definition) is 1. The molecule has 2 atom stereocenters. The highest BCUT2D eigenvalue weighted by molar-refractivity contribution is 7.99. The van der Waals surface area contributed by atoms with Gasteiger partial charge in [0.1, 0.15) is 12.4 Å². The molecule has 0 saturated heterocycles. The van der Waals surface area contributed by atoms with E-state index in [-0.39, 0.29) is 48.2 Å².